The molecule has 10 nitrogen and oxygen atoms in total. The number of amides is 2. The van der Waals surface area contributed by atoms with Crippen LogP contribution in [0.25, 0.3) is 0 Å². The Hall–Kier alpha value is -1.69. The van der Waals surface area contributed by atoms with Crippen LogP contribution in [0.1, 0.15) is 72.6 Å². The number of rotatable bonds is 7. The second-order valence-electron chi connectivity index (χ2n) is 9.93. The number of carbonyl (C=O) groups is 3. The fourth-order valence-corrected chi connectivity index (χ4v) is 4.76. The van der Waals surface area contributed by atoms with Crippen LogP contribution < -0.4 is 11.1 Å². The van der Waals surface area contributed by atoms with Crippen LogP contribution in [0.15, 0.2) is 0 Å². The van der Waals surface area contributed by atoms with E-state index in [9.17, 15) is 27.3 Å². The van der Waals surface area contributed by atoms with E-state index in [2.05, 4.69) is 5.32 Å². The number of halogens is 3. The highest BCUT2D eigenvalue weighted by Crippen LogP contribution is 2.41. The Morgan fingerprint density at radius 2 is 1.74 bits per heavy atom. The number of carbonyl (C=O) groups excluding carboxylic acids is 2. The number of carboxylic acids is 1. The average molecular weight is 532 g/mol. The van der Waals surface area contributed by atoms with Crippen molar-refractivity contribution in [3.05, 3.63) is 0 Å². The van der Waals surface area contributed by atoms with Crippen LogP contribution >= 0.6 is 8.25 Å². The molecular formula is C21H37F3N3O7P. The lowest BCUT2D eigenvalue weighted by Crippen LogP contribution is -2.58. The van der Waals surface area contributed by atoms with Crippen molar-refractivity contribution in [2.45, 2.75) is 103 Å². The zero-order chi connectivity index (χ0) is 27.1. The summed E-state index contributed by atoms with van der Waals surface area (Å²) in [6.07, 6.45) is -0.157. The van der Waals surface area contributed by atoms with Crippen LogP contribution in [0.5, 0.6) is 0 Å². The molecule has 0 aromatic carbocycles. The highest BCUT2D eigenvalue weighted by molar-refractivity contribution is 7.32. The number of hydrogen-bond donors (Lipinski definition) is 4. The molecule has 2 unspecified atom stereocenters. The lowest BCUT2D eigenvalue weighted by atomic mass is 9.83. The van der Waals surface area contributed by atoms with Crippen LogP contribution in [0, 0.1) is 11.3 Å². The molecule has 6 atom stereocenters. The molecule has 35 heavy (non-hydrogen) atoms. The van der Waals surface area contributed by atoms with Crippen molar-refractivity contribution in [1.29, 1.82) is 0 Å². The summed E-state index contributed by atoms with van der Waals surface area (Å²) < 4.78 is 47.8. The van der Waals surface area contributed by atoms with Crippen LogP contribution in [0.4, 0.5) is 13.2 Å². The smallest absolute Gasteiger partial charge is 0.475 e. The van der Waals surface area contributed by atoms with Gasteiger partial charge >= 0.3 is 20.4 Å². The third kappa shape index (κ3) is 9.36. The molecule has 0 aromatic rings. The first kappa shape index (κ1) is 31.3. The van der Waals surface area contributed by atoms with Crippen molar-refractivity contribution in [3.8, 4) is 0 Å². The molecule has 14 heteroatoms. The van der Waals surface area contributed by atoms with Gasteiger partial charge in [-0.1, -0.05) is 47.0 Å². The molecule has 204 valence electrons. The summed E-state index contributed by atoms with van der Waals surface area (Å²) in [6, 6.07) is -1.27. The number of nitrogens with zero attached hydrogens (tertiary/aromatic N) is 1. The van der Waals surface area contributed by atoms with Gasteiger partial charge in [0.15, 0.2) is 0 Å². The second-order valence-corrected chi connectivity index (χ2v) is 10.7. The minimum Gasteiger partial charge on any atom is -0.475 e. The van der Waals surface area contributed by atoms with Crippen LogP contribution in [-0.4, -0.2) is 63.2 Å². The summed E-state index contributed by atoms with van der Waals surface area (Å²) in [7, 11) is -3.17. The number of aliphatic carboxylic acids is 1. The molecule has 1 aliphatic heterocycles. The zero-order valence-electron chi connectivity index (χ0n) is 20.4. The number of fused-ring (bicyclic) bond motifs is 1. The van der Waals surface area contributed by atoms with Gasteiger partial charge in [0.1, 0.15) is 12.3 Å². The van der Waals surface area contributed by atoms with Crippen molar-refractivity contribution in [1.82, 2.24) is 10.2 Å². The molecule has 2 rings (SSSR count). The Balaban J connectivity index is 0.000000762. The minimum absolute atomic E-state index is 0.0351. The lowest BCUT2D eigenvalue weighted by Gasteiger charge is -2.38. The Morgan fingerprint density at radius 1 is 1.20 bits per heavy atom. The third-order valence-electron chi connectivity index (χ3n) is 6.18. The Kier molecular flexibility index (Phi) is 11.7. The molecule has 1 aliphatic carbocycles. The summed E-state index contributed by atoms with van der Waals surface area (Å²) >= 11 is 0. The molecule has 1 heterocycles. The van der Waals surface area contributed by atoms with E-state index >= 15 is 0 Å². The number of nitrogens with two attached hydrogens (primary N) is 1. The van der Waals surface area contributed by atoms with Crippen molar-refractivity contribution >= 4 is 26.0 Å². The summed E-state index contributed by atoms with van der Waals surface area (Å²) in [5.41, 5.74) is 5.85. The summed E-state index contributed by atoms with van der Waals surface area (Å²) in [4.78, 5) is 46.0. The monoisotopic (exact) mass is 531 g/mol. The first-order valence-corrected chi connectivity index (χ1v) is 12.8. The predicted octanol–water partition coefficient (Wildman–Crippen LogP) is 2.79. The van der Waals surface area contributed by atoms with E-state index in [4.69, 9.17) is 25.1 Å². The molecule has 1 saturated heterocycles. The van der Waals surface area contributed by atoms with Gasteiger partial charge in [-0.25, -0.2) is 4.79 Å². The van der Waals surface area contributed by atoms with Crippen molar-refractivity contribution in [2.75, 3.05) is 0 Å². The summed E-state index contributed by atoms with van der Waals surface area (Å²) in [6.45, 7) is 7.66. The Morgan fingerprint density at radius 3 is 2.20 bits per heavy atom. The fraction of sp³-hybridized carbons (Fsp3) is 0.857. The normalized spacial score (nSPS) is 24.9. The van der Waals surface area contributed by atoms with E-state index in [0.717, 1.165) is 25.7 Å². The maximum absolute atomic E-state index is 13.3. The molecule has 2 fully saturated rings. The van der Waals surface area contributed by atoms with Crippen LogP contribution in [0.3, 0.4) is 0 Å². The Bertz CT molecular complexity index is 776. The highest BCUT2D eigenvalue weighted by Gasteiger charge is 2.49. The maximum atomic E-state index is 13.3. The van der Waals surface area contributed by atoms with Crippen molar-refractivity contribution in [3.63, 3.8) is 0 Å². The molecule has 0 bridgehead atoms. The first-order chi connectivity index (χ1) is 16.0. The molecule has 0 spiro atoms. The molecule has 0 radical (unpaired) electrons. The zero-order valence-corrected chi connectivity index (χ0v) is 21.4. The van der Waals surface area contributed by atoms with E-state index in [1.165, 1.54) is 0 Å². The van der Waals surface area contributed by atoms with Crippen molar-refractivity contribution in [2.24, 2.45) is 17.1 Å². The van der Waals surface area contributed by atoms with Gasteiger partial charge in [-0.2, -0.15) is 13.2 Å². The predicted molar refractivity (Wildman–Crippen MR) is 121 cm³/mol. The summed E-state index contributed by atoms with van der Waals surface area (Å²) in [5, 5.41) is 9.86. The van der Waals surface area contributed by atoms with Crippen LogP contribution in [0.2, 0.25) is 0 Å². The first-order valence-electron chi connectivity index (χ1n) is 11.6. The van der Waals surface area contributed by atoms with Crippen LogP contribution in [-0.2, 0) is 23.5 Å². The highest BCUT2D eigenvalue weighted by atomic mass is 31.1. The maximum Gasteiger partial charge on any atom is 0.490 e. The molecule has 0 aromatic heterocycles. The van der Waals surface area contributed by atoms with E-state index in [-0.39, 0.29) is 17.9 Å². The number of likely N-dealkylation sites (tertiary alicyclic amines) is 1. The van der Waals surface area contributed by atoms with Gasteiger partial charge in [0.05, 0.1) is 6.04 Å². The topological polar surface area (TPSA) is 159 Å². The van der Waals surface area contributed by atoms with E-state index in [0.29, 0.717) is 25.2 Å². The quantitative estimate of drug-likeness (QED) is 0.288. The van der Waals surface area contributed by atoms with E-state index < -0.39 is 44.1 Å². The van der Waals surface area contributed by atoms with Gasteiger partial charge in [-0.15, -0.1) is 0 Å². The number of nitrogens with one attached hydrogen (secondary N) is 1. The van der Waals surface area contributed by atoms with Gasteiger partial charge in [0, 0.05) is 6.04 Å². The molecule has 1 saturated carbocycles. The SMILES string of the molecule is CCCC(NC(=O)[C@H]1C[C@@H]2CCCC[C@@H]2N1C(=O)[C@@H](N)C(C)(C)C)O[PH](=O)O.O=C(O)C(F)(F)F. The third-order valence-corrected chi connectivity index (χ3v) is 6.67. The van der Waals surface area contributed by atoms with Gasteiger partial charge in [0.25, 0.3) is 0 Å². The fourth-order valence-electron chi connectivity index (χ4n) is 4.34. The number of carboxylic acid groups (broad SMARTS) is 1. The summed E-state index contributed by atoms with van der Waals surface area (Å²) in [5.74, 6) is -2.98. The van der Waals surface area contributed by atoms with Crippen molar-refractivity contribution < 1.29 is 46.6 Å². The largest absolute Gasteiger partial charge is 0.490 e. The number of hydrogen-bond acceptors (Lipinski definition) is 6. The van der Waals surface area contributed by atoms with Gasteiger partial charge in [-0.05, 0) is 37.0 Å². The van der Waals surface area contributed by atoms with E-state index in [1.807, 2.05) is 27.7 Å². The molecule has 2 aliphatic rings. The second kappa shape index (κ2) is 13.0. The van der Waals surface area contributed by atoms with Gasteiger partial charge in [0.2, 0.25) is 11.8 Å². The molecule has 2 amide bonds. The molecular weight excluding hydrogens is 494 g/mol. The Labute approximate surface area is 203 Å². The van der Waals surface area contributed by atoms with Gasteiger partial charge in [-0.3, -0.25) is 18.7 Å². The number of alkyl halides is 3. The standard InChI is InChI=1S/C19H36N3O5P.C2HF3O2/c1-5-8-15(27-28(25)26)21-17(23)14-11-12-9-6-7-10-13(12)22(14)18(24)16(20)19(2,3)4;3-2(4,5)1(6)7/h12-16,28H,5-11,20H2,1-4H3,(H,21,23)(H,25,26);(H,6,7)/t12-,13-,14+,15?,16+;/m0./s1. The minimum atomic E-state index is -5.08. The lowest BCUT2D eigenvalue weighted by molar-refractivity contribution is -0.192. The van der Waals surface area contributed by atoms with Gasteiger partial charge < -0.3 is 26.0 Å². The molecule has 5 N–H and O–H groups in total. The average Bonchev–Trinajstić information content (AvgIpc) is 3.11. The van der Waals surface area contributed by atoms with E-state index in [1.54, 1.807) is 4.90 Å².